The topological polar surface area (TPSA) is 65.4 Å². The van der Waals surface area contributed by atoms with Gasteiger partial charge in [-0.15, -0.1) is 0 Å². The highest BCUT2D eigenvalue weighted by Crippen LogP contribution is 2.42. The average molecular weight is 440 g/mol. The molecule has 0 spiro atoms. The molecule has 0 unspecified atom stereocenters. The summed E-state index contributed by atoms with van der Waals surface area (Å²) in [5, 5.41) is 3.43. The number of esters is 1. The zero-order valence-corrected chi connectivity index (χ0v) is 18.6. The summed E-state index contributed by atoms with van der Waals surface area (Å²) in [4.78, 5) is 18.3. The van der Waals surface area contributed by atoms with E-state index in [-0.39, 0.29) is 12.6 Å². The number of carbonyl (C=O) groups excluding carboxylic acids is 1. The lowest BCUT2D eigenvalue weighted by atomic mass is 9.92. The normalized spacial score (nSPS) is 15.2. The molecule has 0 saturated carbocycles. The van der Waals surface area contributed by atoms with Gasteiger partial charge in [0, 0.05) is 0 Å². The van der Waals surface area contributed by atoms with Crippen molar-refractivity contribution in [3.8, 4) is 5.75 Å². The number of fused-ring (bicyclic) bond motifs is 3. The number of ether oxygens (including phenoxy) is 2. The fourth-order valence-electron chi connectivity index (χ4n) is 4.32. The van der Waals surface area contributed by atoms with Gasteiger partial charge in [-0.25, -0.2) is 9.78 Å². The minimum atomic E-state index is -0.418. The Hall–Kier alpha value is -4.06. The second-order valence-electron chi connectivity index (χ2n) is 7.70. The lowest BCUT2D eigenvalue weighted by molar-refractivity contribution is -0.138. The van der Waals surface area contributed by atoms with Crippen LogP contribution in [0.4, 0.5) is 5.95 Å². The number of anilines is 1. The Labute approximate surface area is 192 Å². The van der Waals surface area contributed by atoms with E-state index in [0.29, 0.717) is 23.8 Å². The van der Waals surface area contributed by atoms with Gasteiger partial charge in [0.25, 0.3) is 0 Å². The summed E-state index contributed by atoms with van der Waals surface area (Å²) in [6.45, 7) is 4.66. The van der Waals surface area contributed by atoms with E-state index in [4.69, 9.17) is 14.5 Å². The number of para-hydroxylation sites is 2. The highest BCUT2D eigenvalue weighted by atomic mass is 16.5. The van der Waals surface area contributed by atoms with Crippen LogP contribution in [0.25, 0.3) is 16.7 Å². The van der Waals surface area contributed by atoms with Crippen LogP contribution in [0.3, 0.4) is 0 Å². The zero-order valence-electron chi connectivity index (χ0n) is 18.6. The Kier molecular flexibility index (Phi) is 5.57. The Morgan fingerprint density at radius 2 is 1.67 bits per heavy atom. The van der Waals surface area contributed by atoms with Gasteiger partial charge in [0.05, 0.1) is 41.6 Å². The number of nitrogens with one attached hydrogen (secondary N) is 1. The van der Waals surface area contributed by atoms with Crippen LogP contribution in [0, 0.1) is 0 Å². The third kappa shape index (κ3) is 3.74. The summed E-state index contributed by atoms with van der Waals surface area (Å²) in [7, 11) is 0. The van der Waals surface area contributed by atoms with Crippen LogP contribution in [-0.2, 0) is 9.53 Å². The molecule has 0 amide bonds. The highest BCUT2D eigenvalue weighted by Gasteiger charge is 2.36. The standard InChI is InChI=1S/C27H25N3O3/c1-3-32-20-16-14-19(15-17-20)25-23(26(31)33-4-2)24(18-10-6-5-7-11-18)29-27-28-21-12-8-9-13-22(21)30(25)27/h5-17,25H,3-4H2,1-2H3,(H,28,29)/t25-/m0/s1. The van der Waals surface area contributed by atoms with Crippen molar-refractivity contribution in [1.29, 1.82) is 0 Å². The van der Waals surface area contributed by atoms with Gasteiger partial charge >= 0.3 is 5.97 Å². The van der Waals surface area contributed by atoms with Crippen LogP contribution >= 0.6 is 0 Å². The van der Waals surface area contributed by atoms with Gasteiger partial charge in [-0.05, 0) is 49.2 Å². The molecule has 1 aromatic heterocycles. The van der Waals surface area contributed by atoms with E-state index in [0.717, 1.165) is 27.9 Å². The van der Waals surface area contributed by atoms with E-state index >= 15 is 0 Å². The largest absolute Gasteiger partial charge is 0.494 e. The molecule has 166 valence electrons. The van der Waals surface area contributed by atoms with E-state index in [1.807, 2.05) is 92.7 Å². The summed E-state index contributed by atoms with van der Waals surface area (Å²) < 4.78 is 13.3. The molecule has 4 aromatic rings. The van der Waals surface area contributed by atoms with E-state index in [1.165, 1.54) is 0 Å². The van der Waals surface area contributed by atoms with Crippen molar-refractivity contribution in [3.05, 3.63) is 95.6 Å². The fourth-order valence-corrected chi connectivity index (χ4v) is 4.32. The lowest BCUT2D eigenvalue weighted by Gasteiger charge is -2.31. The number of hydrogen-bond acceptors (Lipinski definition) is 5. The quantitative estimate of drug-likeness (QED) is 0.406. The first-order chi connectivity index (χ1) is 16.2. The molecule has 1 N–H and O–H groups in total. The molecule has 1 atom stereocenters. The molecule has 1 aliphatic heterocycles. The van der Waals surface area contributed by atoms with Crippen molar-refractivity contribution in [1.82, 2.24) is 9.55 Å². The molecule has 0 saturated heterocycles. The van der Waals surface area contributed by atoms with Gasteiger partial charge in [-0.2, -0.15) is 0 Å². The van der Waals surface area contributed by atoms with E-state index in [2.05, 4.69) is 9.88 Å². The van der Waals surface area contributed by atoms with Crippen LogP contribution in [-0.4, -0.2) is 28.7 Å². The first-order valence-electron chi connectivity index (χ1n) is 11.1. The summed E-state index contributed by atoms with van der Waals surface area (Å²) >= 11 is 0. The lowest BCUT2D eigenvalue weighted by Crippen LogP contribution is -2.29. The smallest absolute Gasteiger partial charge is 0.338 e. The van der Waals surface area contributed by atoms with Gasteiger partial charge in [-0.1, -0.05) is 54.6 Å². The fraction of sp³-hybridized carbons (Fsp3) is 0.185. The monoisotopic (exact) mass is 439 g/mol. The summed E-state index contributed by atoms with van der Waals surface area (Å²) in [6.07, 6.45) is 0. The molecule has 6 nitrogen and oxygen atoms in total. The molecule has 1 aliphatic rings. The SMILES string of the molecule is CCOC(=O)C1=C(c2ccccc2)Nc2nc3ccccc3n2[C@H]1c1ccc(OCC)cc1. The van der Waals surface area contributed by atoms with E-state index in [9.17, 15) is 4.79 Å². The Morgan fingerprint density at radius 1 is 0.939 bits per heavy atom. The maximum atomic E-state index is 13.4. The van der Waals surface area contributed by atoms with Crippen LogP contribution in [0.15, 0.2) is 84.4 Å². The van der Waals surface area contributed by atoms with Gasteiger partial charge in [0.1, 0.15) is 5.75 Å². The van der Waals surface area contributed by atoms with Crippen molar-refractivity contribution < 1.29 is 14.3 Å². The van der Waals surface area contributed by atoms with Crippen molar-refractivity contribution >= 4 is 28.6 Å². The van der Waals surface area contributed by atoms with Crippen LogP contribution in [0.5, 0.6) is 5.75 Å². The Morgan fingerprint density at radius 3 is 2.39 bits per heavy atom. The molecule has 0 radical (unpaired) electrons. The maximum absolute atomic E-state index is 13.4. The minimum Gasteiger partial charge on any atom is -0.494 e. The second kappa shape index (κ2) is 8.82. The number of rotatable bonds is 6. The van der Waals surface area contributed by atoms with Crippen LogP contribution in [0.2, 0.25) is 0 Å². The van der Waals surface area contributed by atoms with Crippen LogP contribution in [0.1, 0.15) is 31.0 Å². The summed E-state index contributed by atoms with van der Waals surface area (Å²) in [5.74, 6) is 1.11. The van der Waals surface area contributed by atoms with Gasteiger partial charge in [0.15, 0.2) is 0 Å². The molecule has 6 heteroatoms. The third-order valence-electron chi connectivity index (χ3n) is 5.70. The highest BCUT2D eigenvalue weighted by molar-refractivity contribution is 6.03. The first-order valence-corrected chi connectivity index (χ1v) is 11.1. The Balaban J connectivity index is 1.78. The predicted molar refractivity (Wildman–Crippen MR) is 129 cm³/mol. The van der Waals surface area contributed by atoms with Crippen molar-refractivity contribution in [3.63, 3.8) is 0 Å². The molecule has 0 bridgehead atoms. The average Bonchev–Trinajstić information content (AvgIpc) is 3.23. The molecule has 0 aliphatic carbocycles. The molecule has 2 heterocycles. The van der Waals surface area contributed by atoms with E-state index < -0.39 is 6.04 Å². The number of nitrogens with zero attached hydrogens (tertiary/aromatic N) is 2. The maximum Gasteiger partial charge on any atom is 0.338 e. The van der Waals surface area contributed by atoms with Crippen molar-refractivity contribution in [2.45, 2.75) is 19.9 Å². The first kappa shape index (κ1) is 20.8. The third-order valence-corrected chi connectivity index (χ3v) is 5.70. The Bertz CT molecular complexity index is 1320. The second-order valence-corrected chi connectivity index (χ2v) is 7.70. The number of benzene rings is 3. The zero-order chi connectivity index (χ0) is 22.8. The van der Waals surface area contributed by atoms with Crippen molar-refractivity contribution in [2.75, 3.05) is 18.5 Å². The molecule has 33 heavy (non-hydrogen) atoms. The van der Waals surface area contributed by atoms with Gasteiger partial charge in [0.2, 0.25) is 5.95 Å². The van der Waals surface area contributed by atoms with Crippen LogP contribution < -0.4 is 10.1 Å². The molecule has 5 rings (SSSR count). The van der Waals surface area contributed by atoms with Gasteiger partial charge < -0.3 is 14.8 Å². The minimum absolute atomic E-state index is 0.290. The summed E-state index contributed by atoms with van der Waals surface area (Å²) in [5.41, 5.74) is 4.88. The van der Waals surface area contributed by atoms with Crippen molar-refractivity contribution in [2.24, 2.45) is 0 Å². The number of aromatic nitrogens is 2. The summed E-state index contributed by atoms with van der Waals surface area (Å²) in [6, 6.07) is 25.2. The molecular weight excluding hydrogens is 414 g/mol. The van der Waals surface area contributed by atoms with Gasteiger partial charge in [-0.3, -0.25) is 4.57 Å². The number of hydrogen-bond donors (Lipinski definition) is 1. The number of imidazole rings is 1. The number of carbonyl (C=O) groups is 1. The van der Waals surface area contributed by atoms with E-state index in [1.54, 1.807) is 0 Å². The molecular formula is C27H25N3O3. The molecule has 3 aromatic carbocycles. The predicted octanol–water partition coefficient (Wildman–Crippen LogP) is 5.42. The molecule has 0 fully saturated rings.